The van der Waals surface area contributed by atoms with E-state index >= 15 is 0 Å². The number of hydrogen-bond donors (Lipinski definition) is 1. The summed E-state index contributed by atoms with van der Waals surface area (Å²) in [6.07, 6.45) is 0.499. The molecule has 1 aromatic rings. The molecular weight excluding hydrogens is 306 g/mol. The second-order valence-electron chi connectivity index (χ2n) is 3.60. The maximum Gasteiger partial charge on any atom is 0.153 e. The largest absolute Gasteiger partial charge is 0.492 e. The van der Waals surface area contributed by atoms with E-state index in [1.165, 1.54) is 0 Å². The van der Waals surface area contributed by atoms with E-state index < -0.39 is 9.84 Å². The van der Waals surface area contributed by atoms with Crippen LogP contribution in [0.2, 0.25) is 0 Å². The van der Waals surface area contributed by atoms with Gasteiger partial charge >= 0.3 is 0 Å². The third kappa shape index (κ3) is 6.05. The SMILES string of the molecule is NCCCS(=O)(=O)CCOc1cccc(Br)c1. The van der Waals surface area contributed by atoms with Gasteiger partial charge in [0.25, 0.3) is 0 Å². The molecule has 0 atom stereocenters. The Hall–Kier alpha value is -0.590. The Morgan fingerprint density at radius 3 is 2.71 bits per heavy atom. The Bertz CT molecular complexity index is 448. The summed E-state index contributed by atoms with van der Waals surface area (Å²) < 4.78 is 29.3. The monoisotopic (exact) mass is 321 g/mol. The molecule has 0 saturated heterocycles. The average Bonchev–Trinajstić information content (AvgIpc) is 2.26. The Morgan fingerprint density at radius 1 is 1.29 bits per heavy atom. The molecule has 0 aliphatic heterocycles. The third-order valence-corrected chi connectivity index (χ3v) is 4.31. The molecule has 0 fully saturated rings. The Labute approximate surface area is 110 Å². The molecule has 0 amide bonds. The van der Waals surface area contributed by atoms with Gasteiger partial charge in [0.15, 0.2) is 9.84 Å². The topological polar surface area (TPSA) is 69.4 Å². The van der Waals surface area contributed by atoms with Crippen LogP contribution in [-0.4, -0.2) is 33.1 Å². The smallest absolute Gasteiger partial charge is 0.153 e. The number of rotatable bonds is 7. The van der Waals surface area contributed by atoms with Gasteiger partial charge in [0.1, 0.15) is 12.4 Å². The summed E-state index contributed by atoms with van der Waals surface area (Å²) in [5, 5.41) is 0. The molecule has 6 heteroatoms. The van der Waals surface area contributed by atoms with E-state index in [2.05, 4.69) is 15.9 Å². The zero-order valence-electron chi connectivity index (χ0n) is 9.43. The number of hydrogen-bond acceptors (Lipinski definition) is 4. The predicted octanol–water partition coefficient (Wildman–Crippen LogP) is 1.59. The summed E-state index contributed by atoms with van der Waals surface area (Å²) >= 11 is 3.32. The zero-order chi connectivity index (χ0) is 12.7. The van der Waals surface area contributed by atoms with Crippen molar-refractivity contribution in [1.29, 1.82) is 0 Å². The molecule has 96 valence electrons. The molecule has 1 rings (SSSR count). The highest BCUT2D eigenvalue weighted by Crippen LogP contribution is 2.17. The van der Waals surface area contributed by atoms with E-state index in [4.69, 9.17) is 10.5 Å². The van der Waals surface area contributed by atoms with Crippen LogP contribution >= 0.6 is 15.9 Å². The maximum absolute atomic E-state index is 11.5. The van der Waals surface area contributed by atoms with Crippen LogP contribution in [0.15, 0.2) is 28.7 Å². The quantitative estimate of drug-likeness (QED) is 0.828. The van der Waals surface area contributed by atoms with Gasteiger partial charge in [-0.2, -0.15) is 0 Å². The number of benzene rings is 1. The van der Waals surface area contributed by atoms with E-state index in [0.717, 1.165) is 4.47 Å². The van der Waals surface area contributed by atoms with E-state index in [9.17, 15) is 8.42 Å². The lowest BCUT2D eigenvalue weighted by Gasteiger charge is -2.07. The molecule has 0 saturated carbocycles. The standard InChI is InChI=1S/C11H16BrNO3S/c12-10-3-1-4-11(9-10)16-6-8-17(14,15)7-2-5-13/h1,3-4,9H,2,5-8,13H2. The molecule has 0 aliphatic carbocycles. The van der Waals surface area contributed by atoms with E-state index in [0.29, 0.717) is 18.7 Å². The van der Waals surface area contributed by atoms with Crippen molar-refractivity contribution in [3.8, 4) is 5.75 Å². The lowest BCUT2D eigenvalue weighted by molar-refractivity contribution is 0.340. The van der Waals surface area contributed by atoms with Gasteiger partial charge in [-0.25, -0.2) is 8.42 Å². The molecule has 0 aliphatic rings. The molecule has 1 aromatic carbocycles. The van der Waals surface area contributed by atoms with E-state index in [-0.39, 0.29) is 18.1 Å². The number of halogens is 1. The summed E-state index contributed by atoms with van der Waals surface area (Å²) in [6.45, 7) is 0.565. The minimum Gasteiger partial charge on any atom is -0.492 e. The van der Waals surface area contributed by atoms with Crippen molar-refractivity contribution in [1.82, 2.24) is 0 Å². The van der Waals surface area contributed by atoms with Crippen LogP contribution in [0.4, 0.5) is 0 Å². The lowest BCUT2D eigenvalue weighted by atomic mass is 10.3. The molecule has 4 nitrogen and oxygen atoms in total. The van der Waals surface area contributed by atoms with Gasteiger partial charge in [0.05, 0.1) is 11.5 Å². The highest BCUT2D eigenvalue weighted by Gasteiger charge is 2.10. The first-order valence-electron chi connectivity index (χ1n) is 5.32. The van der Waals surface area contributed by atoms with Crippen LogP contribution in [0, 0.1) is 0 Å². The average molecular weight is 322 g/mol. The fourth-order valence-electron chi connectivity index (χ4n) is 1.25. The number of ether oxygens (including phenoxy) is 1. The van der Waals surface area contributed by atoms with Crippen LogP contribution in [0.1, 0.15) is 6.42 Å². The minimum atomic E-state index is -3.04. The van der Waals surface area contributed by atoms with Gasteiger partial charge < -0.3 is 10.5 Å². The molecule has 0 bridgehead atoms. The van der Waals surface area contributed by atoms with Gasteiger partial charge in [0, 0.05) is 4.47 Å². The van der Waals surface area contributed by atoms with Crippen LogP contribution in [0.5, 0.6) is 5.75 Å². The predicted molar refractivity (Wildman–Crippen MR) is 72.0 cm³/mol. The normalized spacial score (nSPS) is 11.4. The summed E-state index contributed by atoms with van der Waals surface area (Å²) in [7, 11) is -3.04. The number of sulfone groups is 1. The molecule has 2 N–H and O–H groups in total. The van der Waals surface area contributed by atoms with Crippen LogP contribution < -0.4 is 10.5 Å². The first kappa shape index (κ1) is 14.5. The van der Waals surface area contributed by atoms with Gasteiger partial charge in [-0.3, -0.25) is 0 Å². The Morgan fingerprint density at radius 2 is 2.06 bits per heavy atom. The summed E-state index contributed by atoms with van der Waals surface area (Å²) in [6, 6.07) is 7.30. The van der Waals surface area contributed by atoms with Gasteiger partial charge in [-0.1, -0.05) is 22.0 Å². The van der Waals surface area contributed by atoms with Crippen molar-refractivity contribution in [3.63, 3.8) is 0 Å². The third-order valence-electron chi connectivity index (χ3n) is 2.12. The van der Waals surface area contributed by atoms with Gasteiger partial charge in [0.2, 0.25) is 0 Å². The summed E-state index contributed by atoms with van der Waals surface area (Å²) in [4.78, 5) is 0. The van der Waals surface area contributed by atoms with Crippen molar-refractivity contribution >= 4 is 25.8 Å². The van der Waals surface area contributed by atoms with E-state index in [1.807, 2.05) is 12.1 Å². The van der Waals surface area contributed by atoms with Gasteiger partial charge in [-0.15, -0.1) is 0 Å². The number of nitrogens with two attached hydrogens (primary N) is 1. The second kappa shape index (κ2) is 6.98. The molecule has 0 unspecified atom stereocenters. The second-order valence-corrected chi connectivity index (χ2v) is 6.82. The zero-order valence-corrected chi connectivity index (χ0v) is 11.8. The Balaban J connectivity index is 2.37. The van der Waals surface area contributed by atoms with Crippen molar-refractivity contribution in [3.05, 3.63) is 28.7 Å². The van der Waals surface area contributed by atoms with Crippen LogP contribution in [0.25, 0.3) is 0 Å². The highest BCUT2D eigenvalue weighted by atomic mass is 79.9. The molecule has 0 aromatic heterocycles. The lowest BCUT2D eigenvalue weighted by Crippen LogP contribution is -2.19. The Kier molecular flexibility index (Phi) is 5.94. The van der Waals surface area contributed by atoms with Crippen molar-refractivity contribution in [2.45, 2.75) is 6.42 Å². The molecule has 0 spiro atoms. The van der Waals surface area contributed by atoms with Crippen LogP contribution in [0.3, 0.4) is 0 Å². The molecule has 0 radical (unpaired) electrons. The fourth-order valence-corrected chi connectivity index (χ4v) is 2.77. The molecule has 0 heterocycles. The minimum absolute atomic E-state index is 0.0273. The molecular formula is C11H16BrNO3S. The van der Waals surface area contributed by atoms with Crippen molar-refractivity contribution in [2.75, 3.05) is 24.7 Å². The highest BCUT2D eigenvalue weighted by molar-refractivity contribution is 9.10. The summed E-state index contributed by atoms with van der Waals surface area (Å²) in [5.74, 6) is 0.818. The molecule has 17 heavy (non-hydrogen) atoms. The fraction of sp³-hybridized carbons (Fsp3) is 0.455. The van der Waals surface area contributed by atoms with Gasteiger partial charge in [-0.05, 0) is 31.2 Å². The summed E-state index contributed by atoms with van der Waals surface area (Å²) in [5.41, 5.74) is 5.27. The van der Waals surface area contributed by atoms with Crippen molar-refractivity contribution < 1.29 is 13.2 Å². The first-order chi connectivity index (χ1) is 8.03. The first-order valence-corrected chi connectivity index (χ1v) is 7.94. The van der Waals surface area contributed by atoms with E-state index in [1.54, 1.807) is 12.1 Å². The maximum atomic E-state index is 11.5. The van der Waals surface area contributed by atoms with Crippen molar-refractivity contribution in [2.24, 2.45) is 5.73 Å². The van der Waals surface area contributed by atoms with Crippen LogP contribution in [-0.2, 0) is 9.84 Å².